The molecule has 2 heterocycles. The van der Waals surface area contributed by atoms with Gasteiger partial charge >= 0.3 is 5.97 Å². The molecule has 10 heteroatoms. The van der Waals surface area contributed by atoms with Crippen molar-refractivity contribution in [1.29, 1.82) is 0 Å². The maximum absolute atomic E-state index is 12.0. The molecule has 2 N–H and O–H groups in total. The number of amides is 2. The molecule has 1 aromatic heterocycles. The molecule has 1 unspecified atom stereocenters. The molecule has 0 spiro atoms. The van der Waals surface area contributed by atoms with Crippen LogP contribution in [0.5, 0.6) is 11.5 Å². The highest BCUT2D eigenvalue weighted by molar-refractivity contribution is 7.14. The Labute approximate surface area is 165 Å². The fourth-order valence-corrected chi connectivity index (χ4v) is 3.38. The molecule has 0 aliphatic carbocycles. The van der Waals surface area contributed by atoms with E-state index >= 15 is 0 Å². The van der Waals surface area contributed by atoms with Crippen molar-refractivity contribution in [3.63, 3.8) is 0 Å². The number of nitrogens with zero attached hydrogens (tertiary/aromatic N) is 1. The second-order valence-electron chi connectivity index (χ2n) is 5.92. The normalized spacial score (nSPS) is 15.6. The summed E-state index contributed by atoms with van der Waals surface area (Å²) in [5.41, 5.74) is 1.46. The van der Waals surface area contributed by atoms with E-state index in [9.17, 15) is 14.4 Å². The molecule has 1 atom stereocenters. The van der Waals surface area contributed by atoms with Gasteiger partial charge in [0.15, 0.2) is 23.2 Å². The zero-order chi connectivity index (χ0) is 20.1. The minimum atomic E-state index is -0.684. The Kier molecular flexibility index (Phi) is 6.09. The van der Waals surface area contributed by atoms with E-state index in [2.05, 4.69) is 15.6 Å². The molecule has 1 aliphatic rings. The highest BCUT2D eigenvalue weighted by Gasteiger charge is 2.28. The average molecular weight is 405 g/mol. The monoisotopic (exact) mass is 405 g/mol. The van der Waals surface area contributed by atoms with E-state index in [1.165, 1.54) is 11.3 Å². The Morgan fingerprint density at radius 2 is 2.07 bits per heavy atom. The number of carbonyl (C=O) groups excluding carboxylic acids is 3. The van der Waals surface area contributed by atoms with E-state index < -0.39 is 24.5 Å². The number of esters is 1. The van der Waals surface area contributed by atoms with E-state index in [0.29, 0.717) is 28.7 Å². The number of methoxy groups -OCH3 is 2. The number of rotatable bonds is 7. The molecule has 0 bridgehead atoms. The molecule has 28 heavy (non-hydrogen) atoms. The van der Waals surface area contributed by atoms with Crippen molar-refractivity contribution in [3.8, 4) is 22.8 Å². The lowest BCUT2D eigenvalue weighted by Gasteiger charge is -2.09. The third-order valence-corrected chi connectivity index (χ3v) is 4.81. The summed E-state index contributed by atoms with van der Waals surface area (Å²) >= 11 is 1.24. The van der Waals surface area contributed by atoms with Gasteiger partial charge in [-0.25, -0.2) is 9.78 Å². The van der Waals surface area contributed by atoms with Gasteiger partial charge in [0, 0.05) is 17.4 Å². The third kappa shape index (κ3) is 4.58. The van der Waals surface area contributed by atoms with Crippen LogP contribution in [0.3, 0.4) is 0 Å². The van der Waals surface area contributed by atoms with Gasteiger partial charge in [0.1, 0.15) is 6.04 Å². The first-order chi connectivity index (χ1) is 13.5. The SMILES string of the molecule is COc1ccc(-c2csc(NC(=O)COC(=O)C3CCC(=O)N3)n2)cc1OC. The summed E-state index contributed by atoms with van der Waals surface area (Å²) in [6.45, 7) is -0.448. The second kappa shape index (κ2) is 8.70. The van der Waals surface area contributed by atoms with Gasteiger partial charge in [-0.1, -0.05) is 0 Å². The minimum absolute atomic E-state index is 0.197. The molecule has 0 radical (unpaired) electrons. The van der Waals surface area contributed by atoms with Crippen LogP contribution in [0.2, 0.25) is 0 Å². The van der Waals surface area contributed by atoms with Gasteiger partial charge in [-0.3, -0.25) is 14.9 Å². The average Bonchev–Trinajstić information content (AvgIpc) is 3.34. The Hall–Kier alpha value is -3.14. The molecule has 148 valence electrons. The maximum Gasteiger partial charge on any atom is 0.329 e. The van der Waals surface area contributed by atoms with Crippen LogP contribution in [0.15, 0.2) is 23.6 Å². The van der Waals surface area contributed by atoms with Crippen LogP contribution in [-0.4, -0.2) is 49.6 Å². The third-order valence-electron chi connectivity index (χ3n) is 4.06. The van der Waals surface area contributed by atoms with Gasteiger partial charge in [-0.15, -0.1) is 11.3 Å². The van der Waals surface area contributed by atoms with Crippen molar-refractivity contribution in [2.45, 2.75) is 18.9 Å². The number of thiazole rings is 1. The van der Waals surface area contributed by atoms with Gasteiger partial charge in [0.25, 0.3) is 5.91 Å². The largest absolute Gasteiger partial charge is 0.493 e. The summed E-state index contributed by atoms with van der Waals surface area (Å²) in [4.78, 5) is 39.2. The Morgan fingerprint density at radius 3 is 2.75 bits per heavy atom. The summed E-state index contributed by atoms with van der Waals surface area (Å²) in [6, 6.07) is 4.71. The first-order valence-electron chi connectivity index (χ1n) is 8.44. The van der Waals surface area contributed by atoms with Crippen LogP contribution in [0.1, 0.15) is 12.8 Å². The topological polar surface area (TPSA) is 116 Å². The molecule has 3 rings (SSSR count). The summed E-state index contributed by atoms with van der Waals surface area (Å²) in [7, 11) is 3.11. The lowest BCUT2D eigenvalue weighted by atomic mass is 10.1. The fourth-order valence-electron chi connectivity index (χ4n) is 2.64. The summed E-state index contributed by atoms with van der Waals surface area (Å²) < 4.78 is 15.4. The maximum atomic E-state index is 12.0. The van der Waals surface area contributed by atoms with E-state index in [1.54, 1.807) is 31.7 Å². The van der Waals surface area contributed by atoms with Gasteiger partial charge < -0.3 is 19.5 Å². The Balaban J connectivity index is 1.56. The summed E-state index contributed by atoms with van der Waals surface area (Å²) in [5.74, 6) is -0.145. The van der Waals surface area contributed by atoms with Crippen LogP contribution in [0, 0.1) is 0 Å². The van der Waals surface area contributed by atoms with E-state index in [4.69, 9.17) is 14.2 Å². The number of aromatic nitrogens is 1. The molecule has 2 aromatic rings. The predicted molar refractivity (Wildman–Crippen MR) is 101 cm³/mol. The standard InChI is InChI=1S/C18H19N3O6S/c1-25-13-5-3-10(7-14(13)26-2)12-9-28-18(20-12)21-16(23)8-27-17(24)11-4-6-15(22)19-11/h3,5,7,9,11H,4,6,8H2,1-2H3,(H,19,22)(H,20,21,23). The highest BCUT2D eigenvalue weighted by Crippen LogP contribution is 2.33. The van der Waals surface area contributed by atoms with Gasteiger partial charge in [0.2, 0.25) is 5.91 Å². The number of anilines is 1. The van der Waals surface area contributed by atoms with Crippen LogP contribution >= 0.6 is 11.3 Å². The number of ether oxygens (including phenoxy) is 3. The first-order valence-corrected chi connectivity index (χ1v) is 9.32. The smallest absolute Gasteiger partial charge is 0.329 e. The summed E-state index contributed by atoms with van der Waals surface area (Å²) in [5, 5.41) is 7.24. The molecule has 0 saturated carbocycles. The highest BCUT2D eigenvalue weighted by atomic mass is 32.1. The molecule has 1 aromatic carbocycles. The van der Waals surface area contributed by atoms with Gasteiger partial charge in [-0.05, 0) is 24.6 Å². The van der Waals surface area contributed by atoms with Crippen molar-refractivity contribution in [3.05, 3.63) is 23.6 Å². The Bertz CT molecular complexity index is 897. The first kappa shape index (κ1) is 19.6. The van der Waals surface area contributed by atoms with Crippen molar-refractivity contribution < 1.29 is 28.6 Å². The van der Waals surface area contributed by atoms with E-state index in [1.807, 2.05) is 6.07 Å². The predicted octanol–water partition coefficient (Wildman–Crippen LogP) is 1.59. The number of carbonyl (C=O) groups is 3. The van der Waals surface area contributed by atoms with Crippen molar-refractivity contribution in [2.75, 3.05) is 26.1 Å². The molecule has 1 aliphatic heterocycles. The van der Waals surface area contributed by atoms with Gasteiger partial charge in [-0.2, -0.15) is 0 Å². The zero-order valence-corrected chi connectivity index (χ0v) is 16.1. The van der Waals surface area contributed by atoms with Crippen LogP contribution < -0.4 is 20.1 Å². The molecule has 2 amide bonds. The van der Waals surface area contributed by atoms with Crippen molar-refractivity contribution >= 4 is 34.3 Å². The van der Waals surface area contributed by atoms with Crippen LogP contribution in [-0.2, 0) is 19.1 Å². The lowest BCUT2D eigenvalue weighted by Crippen LogP contribution is -2.36. The molecule has 9 nitrogen and oxygen atoms in total. The van der Waals surface area contributed by atoms with E-state index in [-0.39, 0.29) is 12.3 Å². The number of hydrogen-bond donors (Lipinski definition) is 2. The second-order valence-corrected chi connectivity index (χ2v) is 6.78. The number of hydrogen-bond acceptors (Lipinski definition) is 8. The fraction of sp³-hybridized carbons (Fsp3) is 0.333. The van der Waals surface area contributed by atoms with Crippen molar-refractivity contribution in [2.24, 2.45) is 0 Å². The van der Waals surface area contributed by atoms with Crippen LogP contribution in [0.4, 0.5) is 5.13 Å². The zero-order valence-electron chi connectivity index (χ0n) is 15.3. The minimum Gasteiger partial charge on any atom is -0.493 e. The summed E-state index contributed by atoms with van der Waals surface area (Å²) in [6.07, 6.45) is 0.657. The number of nitrogens with one attached hydrogen (secondary N) is 2. The number of benzene rings is 1. The van der Waals surface area contributed by atoms with Crippen molar-refractivity contribution in [1.82, 2.24) is 10.3 Å². The molecular weight excluding hydrogens is 386 g/mol. The Morgan fingerprint density at radius 1 is 1.29 bits per heavy atom. The lowest BCUT2D eigenvalue weighted by molar-refractivity contribution is -0.149. The van der Waals surface area contributed by atoms with Gasteiger partial charge in [0.05, 0.1) is 19.9 Å². The van der Waals surface area contributed by atoms with Crippen LogP contribution in [0.25, 0.3) is 11.3 Å². The quantitative estimate of drug-likeness (QED) is 0.672. The molecule has 1 fully saturated rings. The molecular formula is C18H19N3O6S. The van der Waals surface area contributed by atoms with E-state index in [0.717, 1.165) is 5.56 Å². The molecule has 1 saturated heterocycles.